The maximum atomic E-state index is 11.4. The Morgan fingerprint density at radius 2 is 2.12 bits per heavy atom. The predicted molar refractivity (Wildman–Crippen MR) is 74.2 cm³/mol. The molecular weight excluding hydrogens is 232 g/mol. The first-order valence-corrected chi connectivity index (χ1v) is 7.21. The van der Waals surface area contributed by atoms with Crippen molar-refractivity contribution >= 4 is 17.7 Å². The highest BCUT2D eigenvalue weighted by atomic mass is 32.2. The average molecular weight is 256 g/mol. The Labute approximate surface area is 109 Å². The second-order valence-corrected chi connectivity index (χ2v) is 7.28. The van der Waals surface area contributed by atoms with Crippen LogP contribution in [0.15, 0.2) is 12.2 Å². The van der Waals surface area contributed by atoms with E-state index >= 15 is 0 Å². The monoisotopic (exact) mass is 256 g/mol. The number of allylic oxidation sites excluding steroid dienone is 1. The summed E-state index contributed by atoms with van der Waals surface area (Å²) >= 11 is 1.71. The summed E-state index contributed by atoms with van der Waals surface area (Å²) < 4.78 is 4.86. The highest BCUT2D eigenvalue weighted by Gasteiger charge is 2.31. The fraction of sp³-hybridized carbons (Fsp3) is 0.786. The highest BCUT2D eigenvalue weighted by molar-refractivity contribution is 8.02. The van der Waals surface area contributed by atoms with Crippen LogP contribution in [-0.2, 0) is 9.53 Å². The molecule has 1 aliphatic carbocycles. The van der Waals surface area contributed by atoms with Gasteiger partial charge in [-0.2, -0.15) is 0 Å². The third-order valence-corrected chi connectivity index (χ3v) is 4.93. The molecular formula is C14H24O2S. The van der Waals surface area contributed by atoms with Crippen LogP contribution in [0.5, 0.6) is 0 Å². The number of methoxy groups -OCH3 is 1. The van der Waals surface area contributed by atoms with Crippen molar-refractivity contribution in [3.8, 4) is 0 Å². The Kier molecular flexibility index (Phi) is 5.11. The zero-order chi connectivity index (χ0) is 13.1. The largest absolute Gasteiger partial charge is 0.468 e. The van der Waals surface area contributed by atoms with Crippen LogP contribution in [0.3, 0.4) is 0 Å². The van der Waals surface area contributed by atoms with Gasteiger partial charge in [-0.15, -0.1) is 11.8 Å². The molecule has 0 aromatic rings. The Balaban J connectivity index is 2.60. The fourth-order valence-corrected chi connectivity index (χ4v) is 3.62. The van der Waals surface area contributed by atoms with Gasteiger partial charge in [0.25, 0.3) is 0 Å². The van der Waals surface area contributed by atoms with Gasteiger partial charge < -0.3 is 4.74 Å². The van der Waals surface area contributed by atoms with Crippen molar-refractivity contribution in [2.75, 3.05) is 7.11 Å². The van der Waals surface area contributed by atoms with Crippen molar-refractivity contribution in [3.05, 3.63) is 12.2 Å². The lowest BCUT2D eigenvalue weighted by molar-refractivity contribution is -0.139. The number of esters is 1. The molecule has 1 aliphatic rings. The molecule has 17 heavy (non-hydrogen) atoms. The number of hydrogen-bond donors (Lipinski definition) is 0. The zero-order valence-electron chi connectivity index (χ0n) is 11.5. The number of ether oxygens (including phenoxy) is 1. The molecule has 0 radical (unpaired) electrons. The Hall–Kier alpha value is -0.440. The summed E-state index contributed by atoms with van der Waals surface area (Å²) in [4.78, 5) is 11.4. The van der Waals surface area contributed by atoms with Gasteiger partial charge in [0.2, 0.25) is 0 Å². The summed E-state index contributed by atoms with van der Waals surface area (Å²) in [6.45, 7) is 8.66. The van der Waals surface area contributed by atoms with Crippen LogP contribution in [0, 0.1) is 11.8 Å². The zero-order valence-corrected chi connectivity index (χ0v) is 12.3. The van der Waals surface area contributed by atoms with E-state index in [0.717, 1.165) is 6.42 Å². The number of carbonyl (C=O) groups excluding carboxylic acids is 1. The van der Waals surface area contributed by atoms with Crippen LogP contribution in [0.4, 0.5) is 0 Å². The van der Waals surface area contributed by atoms with Crippen LogP contribution >= 0.6 is 11.8 Å². The van der Waals surface area contributed by atoms with E-state index in [1.165, 1.54) is 13.5 Å². The van der Waals surface area contributed by atoms with Crippen molar-refractivity contribution < 1.29 is 9.53 Å². The van der Waals surface area contributed by atoms with Crippen LogP contribution in [0.25, 0.3) is 0 Å². The van der Waals surface area contributed by atoms with E-state index in [1.807, 2.05) is 6.92 Å². The fourth-order valence-electron chi connectivity index (χ4n) is 2.23. The van der Waals surface area contributed by atoms with Gasteiger partial charge in [0.15, 0.2) is 0 Å². The minimum atomic E-state index is -0.129. The summed E-state index contributed by atoms with van der Waals surface area (Å²) in [5, 5.41) is -0.0924. The third-order valence-electron chi connectivity index (χ3n) is 3.51. The van der Waals surface area contributed by atoms with Gasteiger partial charge in [-0.25, -0.2) is 0 Å². The molecule has 3 unspecified atom stereocenters. The van der Waals surface area contributed by atoms with Gasteiger partial charge >= 0.3 is 5.97 Å². The summed E-state index contributed by atoms with van der Waals surface area (Å²) in [5.74, 6) is 1.27. The van der Waals surface area contributed by atoms with Crippen LogP contribution in [-0.4, -0.2) is 23.1 Å². The molecule has 0 aliphatic heterocycles. The normalized spacial score (nSPS) is 30.4. The Morgan fingerprint density at radius 1 is 1.47 bits per heavy atom. The van der Waals surface area contributed by atoms with E-state index in [9.17, 15) is 4.79 Å². The molecule has 0 heterocycles. The molecule has 0 saturated heterocycles. The van der Waals surface area contributed by atoms with Crippen molar-refractivity contribution in [1.82, 2.24) is 0 Å². The number of rotatable bonds is 4. The molecule has 0 saturated carbocycles. The van der Waals surface area contributed by atoms with E-state index in [0.29, 0.717) is 11.8 Å². The van der Waals surface area contributed by atoms with Crippen LogP contribution < -0.4 is 0 Å². The Morgan fingerprint density at radius 3 is 2.53 bits per heavy atom. The molecule has 0 aromatic heterocycles. The molecule has 3 atom stereocenters. The molecule has 0 bridgehead atoms. The van der Waals surface area contributed by atoms with Gasteiger partial charge in [-0.1, -0.05) is 26.0 Å². The van der Waals surface area contributed by atoms with Crippen LogP contribution in [0.2, 0.25) is 0 Å². The summed E-state index contributed by atoms with van der Waals surface area (Å²) in [6.07, 6.45) is 6.96. The van der Waals surface area contributed by atoms with E-state index in [1.54, 1.807) is 11.8 Å². The number of carbonyl (C=O) groups is 1. The second kappa shape index (κ2) is 5.94. The first-order chi connectivity index (χ1) is 7.88. The molecule has 0 fully saturated rings. The van der Waals surface area contributed by atoms with E-state index in [-0.39, 0.29) is 16.0 Å². The van der Waals surface area contributed by atoms with Crippen molar-refractivity contribution in [3.63, 3.8) is 0 Å². The lowest BCUT2D eigenvalue weighted by atomic mass is 9.83. The molecule has 0 N–H and O–H groups in total. The van der Waals surface area contributed by atoms with Gasteiger partial charge in [0.1, 0.15) is 5.25 Å². The molecule has 3 heteroatoms. The number of thioether (sulfide) groups is 1. The topological polar surface area (TPSA) is 26.3 Å². The quantitative estimate of drug-likeness (QED) is 0.567. The number of hydrogen-bond acceptors (Lipinski definition) is 3. The minimum absolute atomic E-state index is 0.0823. The molecule has 1 rings (SSSR count). The molecule has 0 aromatic carbocycles. The SMILES string of the molecule is COC(=O)C(C)SC1(C)C=CC(C(C)C)CC1. The predicted octanol–water partition coefficient (Wildman–Crippen LogP) is 3.66. The lowest BCUT2D eigenvalue weighted by Crippen LogP contribution is -2.29. The standard InChI is InChI=1S/C14H24O2S/c1-10(2)12-6-8-14(4,9-7-12)17-11(3)13(15)16-5/h6,8,10-12H,7,9H2,1-5H3. The maximum Gasteiger partial charge on any atom is 0.318 e. The summed E-state index contributed by atoms with van der Waals surface area (Å²) in [7, 11) is 1.45. The first-order valence-electron chi connectivity index (χ1n) is 6.33. The summed E-state index contributed by atoms with van der Waals surface area (Å²) in [5.41, 5.74) is 0. The lowest BCUT2D eigenvalue weighted by Gasteiger charge is -2.34. The first kappa shape index (κ1) is 14.6. The molecule has 0 spiro atoms. The van der Waals surface area contributed by atoms with E-state index < -0.39 is 0 Å². The smallest absolute Gasteiger partial charge is 0.318 e. The maximum absolute atomic E-state index is 11.4. The van der Waals surface area contributed by atoms with Gasteiger partial charge in [-0.05, 0) is 38.5 Å². The van der Waals surface area contributed by atoms with Gasteiger partial charge in [0, 0.05) is 4.75 Å². The van der Waals surface area contributed by atoms with Crippen molar-refractivity contribution in [2.45, 2.75) is 50.5 Å². The molecule has 98 valence electrons. The van der Waals surface area contributed by atoms with Crippen molar-refractivity contribution in [2.24, 2.45) is 11.8 Å². The van der Waals surface area contributed by atoms with Crippen molar-refractivity contribution in [1.29, 1.82) is 0 Å². The average Bonchev–Trinajstić information content (AvgIpc) is 2.27. The van der Waals surface area contributed by atoms with E-state index in [4.69, 9.17) is 4.74 Å². The van der Waals surface area contributed by atoms with Gasteiger partial charge in [0.05, 0.1) is 7.11 Å². The molecule has 2 nitrogen and oxygen atoms in total. The van der Waals surface area contributed by atoms with Crippen LogP contribution in [0.1, 0.15) is 40.5 Å². The highest BCUT2D eigenvalue weighted by Crippen LogP contribution is 2.41. The Bertz CT molecular complexity index is 299. The van der Waals surface area contributed by atoms with E-state index in [2.05, 4.69) is 32.9 Å². The summed E-state index contributed by atoms with van der Waals surface area (Å²) in [6, 6.07) is 0. The minimum Gasteiger partial charge on any atom is -0.468 e. The third kappa shape index (κ3) is 4.06. The van der Waals surface area contributed by atoms with Gasteiger partial charge in [-0.3, -0.25) is 4.79 Å². The second-order valence-electron chi connectivity index (χ2n) is 5.40. The molecule has 0 amide bonds.